The second-order valence-electron chi connectivity index (χ2n) is 9.59. The van der Waals surface area contributed by atoms with Gasteiger partial charge in [-0.15, -0.1) is 0 Å². The summed E-state index contributed by atoms with van der Waals surface area (Å²) < 4.78 is 5.50. The van der Waals surface area contributed by atoms with E-state index in [-0.39, 0.29) is 5.92 Å². The molecule has 2 nitrogen and oxygen atoms in total. The van der Waals surface area contributed by atoms with Crippen LogP contribution in [0.5, 0.6) is 0 Å². The van der Waals surface area contributed by atoms with Gasteiger partial charge in [-0.1, -0.05) is 144 Å². The lowest BCUT2D eigenvalue weighted by molar-refractivity contribution is 0.0326. The third-order valence-electron chi connectivity index (χ3n) is 6.66. The molecule has 2 radical (unpaired) electrons. The third kappa shape index (κ3) is 18.4. The molecule has 1 fully saturated rings. The molecule has 5 heteroatoms. The van der Waals surface area contributed by atoms with Gasteiger partial charge in [-0.2, -0.15) is 0 Å². The first-order chi connectivity index (χ1) is 15.5. The zero-order valence-corrected chi connectivity index (χ0v) is 25.0. The summed E-state index contributed by atoms with van der Waals surface area (Å²) in [5, 5.41) is 0. The normalized spacial score (nSPS) is 16.3. The molecule has 1 atom stereocenters. The lowest BCUT2D eigenvalue weighted by atomic mass is 9.98. The van der Waals surface area contributed by atoms with Crippen molar-refractivity contribution < 1.29 is 9.53 Å². The van der Waals surface area contributed by atoms with E-state index in [2.05, 4.69) is 60.5 Å². The van der Waals surface area contributed by atoms with Gasteiger partial charge < -0.3 is 4.74 Å². The molecule has 1 aliphatic carbocycles. The number of carbonyl (C=O) groups excluding carboxylic acids is 1. The van der Waals surface area contributed by atoms with E-state index in [0.29, 0.717) is 6.10 Å². The molecule has 0 aromatic heterocycles. The minimum atomic E-state index is -0.489. The van der Waals surface area contributed by atoms with Crippen LogP contribution in [0.25, 0.3) is 0 Å². The van der Waals surface area contributed by atoms with Gasteiger partial charge in [0, 0.05) is 6.61 Å². The van der Waals surface area contributed by atoms with E-state index in [9.17, 15) is 4.79 Å². The Labute approximate surface area is 224 Å². The summed E-state index contributed by atoms with van der Waals surface area (Å²) in [6.45, 7) is 0.982. The largest absolute Gasteiger partial charge is 0.378 e. The molecular formula is C27H47Br3O2. The smallest absolute Gasteiger partial charge is 0.205 e. The minimum Gasteiger partial charge on any atom is -0.378 e. The zero-order chi connectivity index (χ0) is 23.3. The standard InChI is InChI=1S/C27H47Br3O2/c28-27(29,30)25(24-31)20-16-13-11-9-7-5-3-1-2-4-6-8-10-12-14-19-23-32-26-21-17-15-18-22-26/h15,25-26H,1-14,16-23H2. The molecule has 0 amide bonds. The highest BCUT2D eigenvalue weighted by molar-refractivity contribution is 9.39. The van der Waals surface area contributed by atoms with E-state index in [1.54, 1.807) is 0 Å². The van der Waals surface area contributed by atoms with Crippen LogP contribution in [-0.4, -0.2) is 21.1 Å². The molecule has 0 bridgehead atoms. The molecule has 0 saturated heterocycles. The molecule has 32 heavy (non-hydrogen) atoms. The van der Waals surface area contributed by atoms with Crippen LogP contribution in [0.15, 0.2) is 0 Å². The fourth-order valence-electron chi connectivity index (χ4n) is 4.53. The van der Waals surface area contributed by atoms with Crippen LogP contribution >= 0.6 is 47.8 Å². The first kappa shape index (κ1) is 31.1. The molecule has 0 N–H and O–H groups in total. The lowest BCUT2D eigenvalue weighted by Crippen LogP contribution is -2.18. The van der Waals surface area contributed by atoms with Crippen molar-refractivity contribution in [1.82, 2.24) is 0 Å². The molecule has 1 aliphatic rings. The van der Waals surface area contributed by atoms with Crippen molar-refractivity contribution in [2.75, 3.05) is 6.61 Å². The number of halogens is 3. The number of hydrogen-bond acceptors (Lipinski definition) is 2. The van der Waals surface area contributed by atoms with Crippen molar-refractivity contribution in [3.63, 3.8) is 0 Å². The molecule has 1 rings (SSSR count). The van der Waals surface area contributed by atoms with E-state index in [4.69, 9.17) is 4.74 Å². The van der Waals surface area contributed by atoms with E-state index in [1.165, 1.54) is 122 Å². The Hall–Kier alpha value is 1.07. The van der Waals surface area contributed by atoms with Crippen molar-refractivity contribution >= 4 is 54.1 Å². The predicted octanol–water partition coefficient (Wildman–Crippen LogP) is 10.3. The molecule has 1 unspecified atom stereocenters. The average molecular weight is 643 g/mol. The van der Waals surface area contributed by atoms with Gasteiger partial charge in [-0.3, -0.25) is 4.79 Å². The number of ether oxygens (including phenoxy) is 1. The highest BCUT2D eigenvalue weighted by Crippen LogP contribution is 2.42. The Bertz CT molecular complexity index is 420. The van der Waals surface area contributed by atoms with Crippen LogP contribution in [0.3, 0.4) is 0 Å². The molecular weight excluding hydrogens is 596 g/mol. The molecule has 188 valence electrons. The number of alkyl halides is 3. The minimum absolute atomic E-state index is 0.146. The van der Waals surface area contributed by atoms with Crippen LogP contribution in [0.2, 0.25) is 0 Å². The SMILES string of the molecule is O=[C]C(CCCCCCCCCCCCCCCCCCOC1CC[CH]CC1)C(Br)(Br)Br. The molecule has 0 heterocycles. The summed E-state index contributed by atoms with van der Waals surface area (Å²) in [6, 6.07) is 0. The zero-order valence-electron chi connectivity index (χ0n) is 20.2. The Balaban J connectivity index is 1.71. The van der Waals surface area contributed by atoms with Crippen molar-refractivity contribution in [3.05, 3.63) is 6.42 Å². The summed E-state index contributed by atoms with van der Waals surface area (Å²) in [6.07, 6.45) is 32.5. The summed E-state index contributed by atoms with van der Waals surface area (Å²) >= 11 is 10.3. The van der Waals surface area contributed by atoms with E-state index >= 15 is 0 Å². The van der Waals surface area contributed by atoms with Crippen molar-refractivity contribution in [2.45, 2.75) is 143 Å². The van der Waals surface area contributed by atoms with E-state index < -0.39 is 2.14 Å². The quantitative estimate of drug-likeness (QED) is 0.0920. The van der Waals surface area contributed by atoms with Gasteiger partial charge in [0.05, 0.1) is 12.0 Å². The fourth-order valence-corrected chi connectivity index (χ4v) is 5.49. The van der Waals surface area contributed by atoms with Crippen molar-refractivity contribution in [2.24, 2.45) is 5.92 Å². The first-order valence-electron chi connectivity index (χ1n) is 13.4. The monoisotopic (exact) mass is 640 g/mol. The van der Waals surface area contributed by atoms with Crippen LogP contribution in [0, 0.1) is 12.3 Å². The molecule has 0 spiro atoms. The maximum absolute atomic E-state index is 11.0. The topological polar surface area (TPSA) is 26.3 Å². The van der Waals surface area contributed by atoms with Gasteiger partial charge in [-0.25, -0.2) is 0 Å². The first-order valence-corrected chi connectivity index (χ1v) is 15.8. The van der Waals surface area contributed by atoms with Gasteiger partial charge in [0.15, 0.2) is 0 Å². The molecule has 1 saturated carbocycles. The Morgan fingerprint density at radius 3 is 1.53 bits per heavy atom. The average Bonchev–Trinajstić information content (AvgIpc) is 2.77. The van der Waals surface area contributed by atoms with Gasteiger partial charge in [0.2, 0.25) is 6.29 Å². The van der Waals surface area contributed by atoms with Crippen molar-refractivity contribution in [3.8, 4) is 0 Å². The molecule has 0 aromatic rings. The van der Waals surface area contributed by atoms with Gasteiger partial charge >= 0.3 is 0 Å². The summed E-state index contributed by atoms with van der Waals surface area (Å²) in [5.74, 6) is -0.146. The van der Waals surface area contributed by atoms with E-state index in [1.807, 2.05) is 0 Å². The van der Waals surface area contributed by atoms with Crippen LogP contribution in [0.1, 0.15) is 135 Å². The molecule has 0 aliphatic heterocycles. The predicted molar refractivity (Wildman–Crippen MR) is 150 cm³/mol. The van der Waals surface area contributed by atoms with Gasteiger partial charge in [0.25, 0.3) is 0 Å². The summed E-state index contributed by atoms with van der Waals surface area (Å²) in [7, 11) is 0. The van der Waals surface area contributed by atoms with E-state index in [0.717, 1.165) is 19.4 Å². The van der Waals surface area contributed by atoms with Gasteiger partial charge in [-0.05, 0) is 44.9 Å². The maximum atomic E-state index is 11.0. The van der Waals surface area contributed by atoms with Crippen LogP contribution in [-0.2, 0) is 9.53 Å². The number of rotatable bonds is 21. The maximum Gasteiger partial charge on any atom is 0.205 e. The summed E-state index contributed by atoms with van der Waals surface area (Å²) in [4.78, 5) is 11.0. The number of unbranched alkanes of at least 4 members (excludes halogenated alkanes) is 15. The van der Waals surface area contributed by atoms with Crippen LogP contribution < -0.4 is 0 Å². The molecule has 0 aromatic carbocycles. The highest BCUT2D eigenvalue weighted by atomic mass is 80.0. The fraction of sp³-hybridized carbons (Fsp3) is 0.926. The third-order valence-corrected chi connectivity index (χ3v) is 8.32. The van der Waals surface area contributed by atoms with Crippen LogP contribution in [0.4, 0.5) is 0 Å². The lowest BCUT2D eigenvalue weighted by Gasteiger charge is -2.21. The number of hydrogen-bond donors (Lipinski definition) is 0. The second-order valence-corrected chi connectivity index (χ2v) is 16.5. The van der Waals surface area contributed by atoms with Crippen molar-refractivity contribution in [1.29, 1.82) is 0 Å². The second kappa shape index (κ2) is 21.4. The summed E-state index contributed by atoms with van der Waals surface area (Å²) in [5.41, 5.74) is 0. The Morgan fingerprint density at radius 2 is 1.12 bits per heavy atom. The highest BCUT2D eigenvalue weighted by Gasteiger charge is 2.30. The van der Waals surface area contributed by atoms with Gasteiger partial charge in [0.1, 0.15) is 2.14 Å². The Kier molecular flexibility index (Phi) is 20.8. The Morgan fingerprint density at radius 1 is 0.719 bits per heavy atom.